The Bertz CT molecular complexity index is 786. The van der Waals surface area contributed by atoms with Crippen LogP contribution < -0.4 is 16.0 Å². The maximum absolute atomic E-state index is 12.1. The average Bonchev–Trinajstić information content (AvgIpc) is 2.70. The molecule has 1 aromatic carbocycles. The highest BCUT2D eigenvalue weighted by atomic mass is 16.5. The van der Waals surface area contributed by atoms with Crippen LogP contribution >= 0.6 is 0 Å². The molecule has 0 unspecified atom stereocenters. The first-order valence-electron chi connectivity index (χ1n) is 9.13. The van der Waals surface area contributed by atoms with Gasteiger partial charge in [-0.05, 0) is 43.2 Å². The molecule has 142 valence electrons. The van der Waals surface area contributed by atoms with Crippen LogP contribution in [0.25, 0.3) is 0 Å². The summed E-state index contributed by atoms with van der Waals surface area (Å²) in [5.74, 6) is 0.0949. The van der Waals surface area contributed by atoms with Gasteiger partial charge < -0.3 is 15.4 Å². The number of carbonyl (C=O) groups is 2. The number of esters is 1. The molecule has 7 nitrogen and oxygen atoms in total. The first kappa shape index (κ1) is 18.7. The second-order valence-electron chi connectivity index (χ2n) is 6.56. The Morgan fingerprint density at radius 2 is 1.89 bits per heavy atom. The summed E-state index contributed by atoms with van der Waals surface area (Å²) in [7, 11) is 1.35. The van der Waals surface area contributed by atoms with Gasteiger partial charge in [0.15, 0.2) is 0 Å². The average molecular weight is 368 g/mol. The van der Waals surface area contributed by atoms with Crippen molar-refractivity contribution in [3.05, 3.63) is 48.2 Å². The van der Waals surface area contributed by atoms with E-state index in [0.717, 1.165) is 24.2 Å². The SMILES string of the molecule is COC(=O)c1cccc(Nc2ccc(NC(=O)NC3CCCCC3)nc2)c1. The van der Waals surface area contributed by atoms with Gasteiger partial charge in [-0.2, -0.15) is 0 Å². The Hall–Kier alpha value is -3.09. The van der Waals surface area contributed by atoms with Gasteiger partial charge in [0.25, 0.3) is 0 Å². The van der Waals surface area contributed by atoms with E-state index in [9.17, 15) is 9.59 Å². The monoisotopic (exact) mass is 368 g/mol. The maximum atomic E-state index is 12.1. The molecular weight excluding hydrogens is 344 g/mol. The van der Waals surface area contributed by atoms with Crippen LogP contribution in [0.3, 0.4) is 0 Å². The molecule has 3 rings (SSSR count). The van der Waals surface area contributed by atoms with E-state index < -0.39 is 0 Å². The number of methoxy groups -OCH3 is 1. The molecule has 0 spiro atoms. The van der Waals surface area contributed by atoms with E-state index in [4.69, 9.17) is 4.74 Å². The van der Waals surface area contributed by atoms with Crippen molar-refractivity contribution < 1.29 is 14.3 Å². The highest BCUT2D eigenvalue weighted by Gasteiger charge is 2.15. The number of urea groups is 1. The maximum Gasteiger partial charge on any atom is 0.337 e. The lowest BCUT2D eigenvalue weighted by Crippen LogP contribution is -2.39. The fourth-order valence-electron chi connectivity index (χ4n) is 3.13. The van der Waals surface area contributed by atoms with Crippen LogP contribution in [0.5, 0.6) is 0 Å². The van der Waals surface area contributed by atoms with Crippen LogP contribution in [-0.4, -0.2) is 30.1 Å². The van der Waals surface area contributed by atoms with E-state index in [1.165, 1.54) is 26.4 Å². The Morgan fingerprint density at radius 3 is 2.59 bits per heavy atom. The molecule has 1 aromatic heterocycles. The van der Waals surface area contributed by atoms with Gasteiger partial charge in [0, 0.05) is 11.7 Å². The minimum absolute atomic E-state index is 0.221. The van der Waals surface area contributed by atoms with E-state index >= 15 is 0 Å². The number of carbonyl (C=O) groups excluding carboxylic acids is 2. The smallest absolute Gasteiger partial charge is 0.337 e. The van der Waals surface area contributed by atoms with Gasteiger partial charge in [-0.15, -0.1) is 0 Å². The third kappa shape index (κ3) is 5.44. The van der Waals surface area contributed by atoms with Crippen LogP contribution in [0, 0.1) is 0 Å². The summed E-state index contributed by atoms with van der Waals surface area (Å²) in [6.07, 6.45) is 7.28. The molecule has 0 saturated heterocycles. The second-order valence-corrected chi connectivity index (χ2v) is 6.56. The number of amides is 2. The van der Waals surface area contributed by atoms with Crippen LogP contribution in [0.15, 0.2) is 42.6 Å². The normalized spacial score (nSPS) is 14.3. The number of pyridine rings is 1. The van der Waals surface area contributed by atoms with Crippen molar-refractivity contribution in [3.8, 4) is 0 Å². The van der Waals surface area contributed by atoms with Crippen molar-refractivity contribution in [2.24, 2.45) is 0 Å². The fourth-order valence-corrected chi connectivity index (χ4v) is 3.13. The lowest BCUT2D eigenvalue weighted by Gasteiger charge is -2.22. The number of nitrogens with one attached hydrogen (secondary N) is 3. The fraction of sp³-hybridized carbons (Fsp3) is 0.350. The number of aromatic nitrogens is 1. The van der Waals surface area contributed by atoms with Gasteiger partial charge in [0.2, 0.25) is 0 Å². The van der Waals surface area contributed by atoms with Gasteiger partial charge in [-0.25, -0.2) is 14.6 Å². The van der Waals surface area contributed by atoms with Crippen LogP contribution in [0.2, 0.25) is 0 Å². The molecule has 0 aliphatic heterocycles. The molecule has 1 aliphatic rings. The molecule has 1 fully saturated rings. The molecule has 7 heteroatoms. The Morgan fingerprint density at radius 1 is 1.07 bits per heavy atom. The summed E-state index contributed by atoms with van der Waals surface area (Å²) in [6.45, 7) is 0. The van der Waals surface area contributed by atoms with Gasteiger partial charge in [-0.3, -0.25) is 5.32 Å². The van der Waals surface area contributed by atoms with E-state index in [1.807, 2.05) is 12.1 Å². The van der Waals surface area contributed by atoms with Gasteiger partial charge in [0.1, 0.15) is 5.82 Å². The Labute approximate surface area is 158 Å². The van der Waals surface area contributed by atoms with Crippen LogP contribution in [-0.2, 0) is 4.74 Å². The van der Waals surface area contributed by atoms with Crippen molar-refractivity contribution in [2.75, 3.05) is 17.7 Å². The molecule has 1 aliphatic carbocycles. The third-order valence-corrected chi connectivity index (χ3v) is 4.52. The summed E-state index contributed by atoms with van der Waals surface area (Å²) in [6, 6.07) is 10.6. The molecule has 2 amide bonds. The lowest BCUT2D eigenvalue weighted by atomic mass is 9.96. The van der Waals surface area contributed by atoms with Crippen molar-refractivity contribution in [1.29, 1.82) is 0 Å². The summed E-state index contributed by atoms with van der Waals surface area (Å²) >= 11 is 0. The molecule has 1 saturated carbocycles. The number of benzene rings is 1. The molecule has 0 bridgehead atoms. The first-order valence-corrected chi connectivity index (χ1v) is 9.13. The third-order valence-electron chi connectivity index (χ3n) is 4.52. The van der Waals surface area contributed by atoms with Crippen molar-refractivity contribution in [1.82, 2.24) is 10.3 Å². The van der Waals surface area contributed by atoms with Gasteiger partial charge >= 0.3 is 12.0 Å². The molecule has 2 aromatic rings. The zero-order valence-corrected chi connectivity index (χ0v) is 15.3. The quantitative estimate of drug-likeness (QED) is 0.692. The summed E-state index contributed by atoms with van der Waals surface area (Å²) < 4.78 is 4.72. The van der Waals surface area contributed by atoms with Crippen molar-refractivity contribution in [2.45, 2.75) is 38.1 Å². The minimum atomic E-state index is -0.389. The number of hydrogen-bond acceptors (Lipinski definition) is 5. The topological polar surface area (TPSA) is 92.4 Å². The molecule has 1 heterocycles. The number of ether oxygens (including phenoxy) is 1. The highest BCUT2D eigenvalue weighted by molar-refractivity contribution is 5.91. The van der Waals surface area contributed by atoms with Crippen LogP contribution in [0.1, 0.15) is 42.5 Å². The molecule has 0 radical (unpaired) electrons. The predicted octanol–water partition coefficient (Wildman–Crippen LogP) is 4.07. The van der Waals surface area contributed by atoms with E-state index in [0.29, 0.717) is 11.4 Å². The van der Waals surface area contributed by atoms with E-state index in [2.05, 4.69) is 20.9 Å². The number of hydrogen-bond donors (Lipinski definition) is 3. The number of anilines is 3. The molecular formula is C20H24N4O3. The van der Waals surface area contributed by atoms with Crippen molar-refractivity contribution >= 4 is 29.2 Å². The highest BCUT2D eigenvalue weighted by Crippen LogP contribution is 2.19. The molecule has 3 N–H and O–H groups in total. The molecule has 0 atom stereocenters. The Kier molecular flexibility index (Phi) is 6.25. The second kappa shape index (κ2) is 9.02. The largest absolute Gasteiger partial charge is 0.465 e. The number of rotatable bonds is 5. The number of nitrogens with zero attached hydrogens (tertiary/aromatic N) is 1. The van der Waals surface area contributed by atoms with E-state index in [1.54, 1.807) is 30.5 Å². The Balaban J connectivity index is 1.55. The summed E-state index contributed by atoms with van der Waals surface area (Å²) in [4.78, 5) is 27.9. The zero-order valence-electron chi connectivity index (χ0n) is 15.3. The van der Waals surface area contributed by atoms with Crippen molar-refractivity contribution in [3.63, 3.8) is 0 Å². The first-order chi connectivity index (χ1) is 13.1. The zero-order chi connectivity index (χ0) is 19.1. The van der Waals surface area contributed by atoms with E-state index in [-0.39, 0.29) is 18.0 Å². The van der Waals surface area contributed by atoms with Gasteiger partial charge in [0.05, 0.1) is 24.6 Å². The summed E-state index contributed by atoms with van der Waals surface area (Å²) in [5.41, 5.74) is 1.96. The minimum Gasteiger partial charge on any atom is -0.465 e. The summed E-state index contributed by atoms with van der Waals surface area (Å²) in [5, 5.41) is 8.93. The lowest BCUT2D eigenvalue weighted by molar-refractivity contribution is 0.0600. The van der Waals surface area contributed by atoms with Crippen LogP contribution in [0.4, 0.5) is 22.0 Å². The predicted molar refractivity (Wildman–Crippen MR) is 104 cm³/mol. The molecule has 27 heavy (non-hydrogen) atoms. The van der Waals surface area contributed by atoms with Gasteiger partial charge in [-0.1, -0.05) is 25.3 Å². The standard InChI is InChI=1S/C20H24N4O3/c1-27-19(25)14-6-5-9-16(12-14)22-17-10-11-18(21-13-17)24-20(26)23-15-7-3-2-4-8-15/h5-6,9-13,15,22H,2-4,7-8H2,1H3,(H2,21,23,24,26).